The van der Waals surface area contributed by atoms with Crippen LogP contribution < -0.4 is 0 Å². The highest BCUT2D eigenvalue weighted by Gasteiger charge is 2.39. The number of H-pyrrole nitrogens is 1. The number of hydrogen-bond acceptors (Lipinski definition) is 3. The van der Waals surface area contributed by atoms with Crippen molar-refractivity contribution < 1.29 is 9.90 Å². The maximum atomic E-state index is 13.0. The number of amides is 1. The molecular weight excluding hydrogens is 361 g/mol. The molecule has 2 aliphatic rings. The lowest BCUT2D eigenvalue weighted by molar-refractivity contribution is -0.133. The molecule has 2 atom stereocenters. The fraction of sp³-hybridized carbons (Fsp3) is 0.444. The number of likely N-dealkylation sites (tertiary alicyclic amines) is 1. The van der Waals surface area contributed by atoms with Crippen LogP contribution in [0.3, 0.4) is 0 Å². The first-order valence-electron chi connectivity index (χ1n) is 8.54. The molecule has 2 N–H and O–H groups in total. The predicted molar refractivity (Wildman–Crippen MR) is 95.9 cm³/mol. The minimum Gasteiger partial charge on any atom is -0.508 e. The molecular formula is C18H19Cl2N3O2. The van der Waals surface area contributed by atoms with E-state index in [1.807, 2.05) is 11.1 Å². The Labute approximate surface area is 155 Å². The van der Waals surface area contributed by atoms with Gasteiger partial charge in [0.25, 0.3) is 0 Å². The third-order valence-corrected chi connectivity index (χ3v) is 5.99. The number of aromatic nitrogens is 2. The predicted octanol–water partition coefficient (Wildman–Crippen LogP) is 3.89. The first kappa shape index (κ1) is 16.7. The second-order valence-corrected chi connectivity index (χ2v) is 7.64. The van der Waals surface area contributed by atoms with E-state index in [1.54, 1.807) is 0 Å². The van der Waals surface area contributed by atoms with Crippen molar-refractivity contribution in [1.29, 1.82) is 0 Å². The molecule has 1 amide bonds. The summed E-state index contributed by atoms with van der Waals surface area (Å²) in [5, 5.41) is 17.6. The standard InChI is InChI=1S/C18H19Cl2N3O2/c19-14-7-12(24)8-15(20)13(14)6-10-4-5-23(18(10)25)16-3-1-2-11-9-21-22-17(11)16/h7-10,16,24H,1-6H2,(H,21,22)/t10-,16?/m0/s1. The van der Waals surface area contributed by atoms with Crippen molar-refractivity contribution in [2.24, 2.45) is 5.92 Å². The summed E-state index contributed by atoms with van der Waals surface area (Å²) in [4.78, 5) is 15.0. The Hall–Kier alpha value is -1.72. The van der Waals surface area contributed by atoms with E-state index in [0.29, 0.717) is 16.5 Å². The Bertz CT molecular complexity index is 797. The van der Waals surface area contributed by atoms with Gasteiger partial charge in [0.05, 0.1) is 17.9 Å². The van der Waals surface area contributed by atoms with Gasteiger partial charge in [0.1, 0.15) is 5.75 Å². The average molecular weight is 380 g/mol. The molecule has 4 rings (SSSR count). The SMILES string of the molecule is O=C1[C@H](Cc2c(Cl)cc(O)cc2Cl)CCN1C1CCCc2cn[nH]c21. The van der Waals surface area contributed by atoms with Gasteiger partial charge in [-0.05, 0) is 55.4 Å². The number of halogens is 2. The van der Waals surface area contributed by atoms with Crippen molar-refractivity contribution in [3.8, 4) is 5.75 Å². The largest absolute Gasteiger partial charge is 0.508 e. The minimum atomic E-state index is -0.132. The van der Waals surface area contributed by atoms with Gasteiger partial charge in [0.2, 0.25) is 5.91 Å². The van der Waals surface area contributed by atoms with E-state index < -0.39 is 0 Å². The Morgan fingerprint density at radius 3 is 2.80 bits per heavy atom. The summed E-state index contributed by atoms with van der Waals surface area (Å²) in [5.74, 6) is 0.0487. The summed E-state index contributed by atoms with van der Waals surface area (Å²) in [7, 11) is 0. The third kappa shape index (κ3) is 3.00. The lowest BCUT2D eigenvalue weighted by Gasteiger charge is -2.31. The molecule has 7 heteroatoms. The number of fused-ring (bicyclic) bond motifs is 1. The number of carbonyl (C=O) groups excluding carboxylic acids is 1. The fourth-order valence-electron chi connectivity index (χ4n) is 4.04. The number of aromatic amines is 1. The van der Waals surface area contributed by atoms with Crippen LogP contribution in [0.2, 0.25) is 10.0 Å². The van der Waals surface area contributed by atoms with Gasteiger partial charge < -0.3 is 10.0 Å². The normalized spacial score (nSPS) is 23.1. The molecule has 1 aliphatic carbocycles. The van der Waals surface area contributed by atoms with Crippen LogP contribution in [0.25, 0.3) is 0 Å². The van der Waals surface area contributed by atoms with Gasteiger partial charge in [-0.15, -0.1) is 0 Å². The first-order valence-corrected chi connectivity index (χ1v) is 9.29. The van der Waals surface area contributed by atoms with E-state index in [1.165, 1.54) is 17.7 Å². The van der Waals surface area contributed by atoms with E-state index >= 15 is 0 Å². The van der Waals surface area contributed by atoms with Crippen molar-refractivity contribution in [2.75, 3.05) is 6.54 Å². The van der Waals surface area contributed by atoms with E-state index in [9.17, 15) is 9.90 Å². The summed E-state index contributed by atoms with van der Waals surface area (Å²) < 4.78 is 0. The highest BCUT2D eigenvalue weighted by Crippen LogP contribution is 2.39. The summed E-state index contributed by atoms with van der Waals surface area (Å²) >= 11 is 12.4. The molecule has 1 fully saturated rings. The van der Waals surface area contributed by atoms with Crippen molar-refractivity contribution in [3.63, 3.8) is 0 Å². The number of aromatic hydroxyl groups is 1. The number of hydrogen-bond donors (Lipinski definition) is 2. The molecule has 0 saturated carbocycles. The van der Waals surface area contributed by atoms with Crippen molar-refractivity contribution in [2.45, 2.75) is 38.1 Å². The number of aryl methyl sites for hydroxylation is 1. The molecule has 132 valence electrons. The van der Waals surface area contributed by atoms with Gasteiger partial charge in [0.15, 0.2) is 0 Å². The van der Waals surface area contributed by atoms with Gasteiger partial charge in [-0.25, -0.2) is 0 Å². The number of phenols is 1. The van der Waals surface area contributed by atoms with Crippen molar-refractivity contribution in [3.05, 3.63) is 45.2 Å². The third-order valence-electron chi connectivity index (χ3n) is 5.31. The van der Waals surface area contributed by atoms with Gasteiger partial charge in [-0.2, -0.15) is 5.10 Å². The maximum Gasteiger partial charge on any atom is 0.226 e. The van der Waals surface area contributed by atoms with Crippen LogP contribution in [0.15, 0.2) is 18.3 Å². The molecule has 0 bridgehead atoms. The highest BCUT2D eigenvalue weighted by molar-refractivity contribution is 6.36. The Morgan fingerprint density at radius 1 is 1.28 bits per heavy atom. The number of nitrogens with one attached hydrogen (secondary N) is 1. The second-order valence-electron chi connectivity index (χ2n) is 6.83. The number of benzene rings is 1. The zero-order valence-electron chi connectivity index (χ0n) is 13.6. The van der Waals surface area contributed by atoms with Crippen molar-refractivity contribution >= 4 is 29.1 Å². The summed E-state index contributed by atoms with van der Waals surface area (Å²) in [6, 6.07) is 3.03. The molecule has 5 nitrogen and oxygen atoms in total. The monoisotopic (exact) mass is 379 g/mol. The minimum absolute atomic E-state index is 0.0344. The van der Waals surface area contributed by atoms with E-state index in [4.69, 9.17) is 23.2 Å². The van der Waals surface area contributed by atoms with Gasteiger partial charge >= 0.3 is 0 Å². The summed E-state index contributed by atoms with van der Waals surface area (Å²) in [5.41, 5.74) is 3.03. The van der Waals surface area contributed by atoms with E-state index in [2.05, 4.69) is 10.2 Å². The molecule has 1 saturated heterocycles. The number of phenolic OH excluding ortho intramolecular Hbond substituents is 1. The molecule has 1 unspecified atom stereocenters. The first-order chi connectivity index (χ1) is 12.0. The molecule has 2 heterocycles. The smallest absolute Gasteiger partial charge is 0.226 e. The number of carbonyl (C=O) groups is 1. The van der Waals surface area contributed by atoms with Gasteiger partial charge in [0, 0.05) is 22.5 Å². The van der Waals surface area contributed by atoms with Crippen LogP contribution in [0.5, 0.6) is 5.75 Å². The van der Waals surface area contributed by atoms with Crippen LogP contribution in [0.1, 0.15) is 42.1 Å². The van der Waals surface area contributed by atoms with Crippen LogP contribution in [0.4, 0.5) is 0 Å². The average Bonchev–Trinajstić information content (AvgIpc) is 3.17. The number of nitrogens with zero attached hydrogens (tertiary/aromatic N) is 2. The molecule has 0 spiro atoms. The lowest BCUT2D eigenvalue weighted by Crippen LogP contribution is -2.34. The van der Waals surface area contributed by atoms with Crippen LogP contribution in [-0.2, 0) is 17.6 Å². The molecule has 25 heavy (non-hydrogen) atoms. The van der Waals surface area contributed by atoms with Crippen LogP contribution in [-0.4, -0.2) is 32.7 Å². The molecule has 1 aliphatic heterocycles. The molecule has 1 aromatic heterocycles. The van der Waals surface area contributed by atoms with E-state index in [-0.39, 0.29) is 23.6 Å². The maximum absolute atomic E-state index is 13.0. The topological polar surface area (TPSA) is 69.2 Å². The number of rotatable bonds is 3. The second kappa shape index (κ2) is 6.54. The molecule has 0 radical (unpaired) electrons. The summed E-state index contributed by atoms with van der Waals surface area (Å²) in [6.07, 6.45) is 6.21. The molecule has 1 aromatic carbocycles. The van der Waals surface area contributed by atoms with Crippen LogP contribution in [0, 0.1) is 5.92 Å². The van der Waals surface area contributed by atoms with Gasteiger partial charge in [-0.1, -0.05) is 23.2 Å². The van der Waals surface area contributed by atoms with Gasteiger partial charge in [-0.3, -0.25) is 9.89 Å². The van der Waals surface area contributed by atoms with Crippen LogP contribution >= 0.6 is 23.2 Å². The zero-order chi connectivity index (χ0) is 17.6. The quantitative estimate of drug-likeness (QED) is 0.849. The molecule has 2 aromatic rings. The highest BCUT2D eigenvalue weighted by atomic mass is 35.5. The zero-order valence-corrected chi connectivity index (χ0v) is 15.1. The van der Waals surface area contributed by atoms with Crippen molar-refractivity contribution in [1.82, 2.24) is 15.1 Å². The Kier molecular flexibility index (Phi) is 4.38. The fourth-order valence-corrected chi connectivity index (χ4v) is 4.67. The lowest BCUT2D eigenvalue weighted by atomic mass is 9.92. The Morgan fingerprint density at radius 2 is 2.04 bits per heavy atom. The summed E-state index contributed by atoms with van der Waals surface area (Å²) in [6.45, 7) is 0.736. The Balaban J connectivity index is 1.54. The van der Waals surface area contributed by atoms with E-state index in [0.717, 1.165) is 43.5 Å².